The first-order valence-electron chi connectivity index (χ1n) is 10.5. The van der Waals surface area contributed by atoms with Crippen LogP contribution in [0.3, 0.4) is 0 Å². The van der Waals surface area contributed by atoms with E-state index in [9.17, 15) is 30.9 Å². The number of alkyl halides is 6. The molecule has 0 saturated carbocycles. The van der Waals surface area contributed by atoms with Crippen molar-refractivity contribution in [1.82, 2.24) is 0 Å². The summed E-state index contributed by atoms with van der Waals surface area (Å²) >= 11 is 6.00. The topological polar surface area (TPSA) is 43.4 Å². The molecule has 0 bridgehead atoms. The van der Waals surface area contributed by atoms with Crippen molar-refractivity contribution >= 4 is 46.6 Å². The second-order valence-electron chi connectivity index (χ2n) is 7.92. The van der Waals surface area contributed by atoms with E-state index >= 15 is 0 Å². The molecule has 0 atom stereocenters. The predicted octanol–water partition coefficient (Wildman–Crippen LogP) is 6.35. The lowest BCUT2D eigenvalue weighted by Gasteiger charge is -2.26. The Bertz CT molecular complexity index is 1290. The fourth-order valence-electron chi connectivity index (χ4n) is 3.75. The van der Waals surface area contributed by atoms with Crippen molar-refractivity contribution in [2.45, 2.75) is 12.4 Å². The molecule has 4 aromatic rings. The van der Waals surface area contributed by atoms with Gasteiger partial charge >= 0.3 is 12.4 Å². The van der Waals surface area contributed by atoms with Gasteiger partial charge in [-0.05, 0) is 65.3 Å². The highest BCUT2D eigenvalue weighted by atomic mass is 32.4. The SMILES string of the molecule is O=P(CCP(=S)(c1ccc(C(F)(F)F)cc1)c1ccc(C(F)(F)F)cc1)(c1ccco1)c1ccco1. The standard InChI is InChI=1S/C24H18F6O3P2S/c25-23(26,27)17-5-9-19(10-6-17)35(36,20-11-7-18(8-12-20)24(28,29)30)16-15-34(31,21-3-1-13-32-21)22-4-2-14-33-22/h1-14H,15-16H2. The van der Waals surface area contributed by atoms with Crippen molar-refractivity contribution in [2.75, 3.05) is 12.3 Å². The summed E-state index contributed by atoms with van der Waals surface area (Å²) < 4.78 is 104. The van der Waals surface area contributed by atoms with E-state index in [0.717, 1.165) is 24.3 Å². The van der Waals surface area contributed by atoms with Gasteiger partial charge in [0.15, 0.2) is 11.0 Å². The molecule has 0 spiro atoms. The molecule has 36 heavy (non-hydrogen) atoms. The Morgan fingerprint density at radius 2 is 1.03 bits per heavy atom. The molecule has 190 valence electrons. The molecule has 0 N–H and O–H groups in total. The lowest BCUT2D eigenvalue weighted by molar-refractivity contribution is -0.138. The Balaban J connectivity index is 1.78. The molecule has 0 unspecified atom stereocenters. The maximum atomic E-state index is 14.1. The van der Waals surface area contributed by atoms with Gasteiger partial charge in [0.2, 0.25) is 7.14 Å². The molecule has 2 aromatic heterocycles. The summed E-state index contributed by atoms with van der Waals surface area (Å²) in [4.78, 5) is 0. The Kier molecular flexibility index (Phi) is 7.17. The van der Waals surface area contributed by atoms with E-state index in [4.69, 9.17) is 20.6 Å². The van der Waals surface area contributed by atoms with Crippen molar-refractivity contribution in [3.05, 3.63) is 96.4 Å². The second kappa shape index (κ2) is 9.73. The molecule has 0 aliphatic heterocycles. The summed E-state index contributed by atoms with van der Waals surface area (Å²) in [5.41, 5.74) is -1.42. The van der Waals surface area contributed by atoms with Gasteiger partial charge in [0.25, 0.3) is 0 Å². The van der Waals surface area contributed by atoms with Gasteiger partial charge in [-0.2, -0.15) is 26.3 Å². The van der Waals surface area contributed by atoms with Crippen LogP contribution in [0.15, 0.2) is 94.2 Å². The molecule has 0 saturated heterocycles. The average Bonchev–Trinajstić information content (AvgIpc) is 3.57. The van der Waals surface area contributed by atoms with Gasteiger partial charge in [0.1, 0.15) is 0 Å². The molecule has 0 amide bonds. The molecule has 0 radical (unpaired) electrons. The highest BCUT2D eigenvalue weighted by Crippen LogP contribution is 2.51. The summed E-state index contributed by atoms with van der Waals surface area (Å²) in [6.45, 7) is 0. The molecule has 2 heterocycles. The first kappa shape index (κ1) is 26.5. The lowest BCUT2D eigenvalue weighted by atomic mass is 10.2. The fraction of sp³-hybridized carbons (Fsp3) is 0.167. The number of hydrogen-bond donors (Lipinski definition) is 0. The zero-order chi connectivity index (χ0) is 26.2. The summed E-state index contributed by atoms with van der Waals surface area (Å²) in [5, 5.41) is 0.714. The number of benzene rings is 2. The van der Waals surface area contributed by atoms with Crippen LogP contribution >= 0.6 is 13.2 Å². The minimum atomic E-state index is -4.57. The highest BCUT2D eigenvalue weighted by molar-refractivity contribution is 8.22. The van der Waals surface area contributed by atoms with E-state index in [2.05, 4.69) is 0 Å². The van der Waals surface area contributed by atoms with Crippen LogP contribution in [-0.4, -0.2) is 12.3 Å². The summed E-state index contributed by atoms with van der Waals surface area (Å²) in [6, 6.07) is 11.7. The van der Waals surface area contributed by atoms with Crippen LogP contribution in [0.5, 0.6) is 0 Å². The molecule has 4 rings (SSSR count). The van der Waals surface area contributed by atoms with E-state index in [0.29, 0.717) is 10.6 Å². The third-order valence-corrected chi connectivity index (χ3v) is 13.7. The van der Waals surface area contributed by atoms with Crippen LogP contribution < -0.4 is 21.6 Å². The van der Waals surface area contributed by atoms with E-state index in [1.54, 1.807) is 12.1 Å². The minimum absolute atomic E-state index is 0.0394. The second-order valence-corrected chi connectivity index (χ2v) is 15.6. The van der Waals surface area contributed by atoms with Crippen molar-refractivity contribution in [1.29, 1.82) is 0 Å². The summed E-state index contributed by atoms with van der Waals surface area (Å²) in [5.74, 6) is 0. The van der Waals surface area contributed by atoms with E-state index in [1.807, 2.05) is 0 Å². The highest BCUT2D eigenvalue weighted by Gasteiger charge is 2.37. The molecular weight excluding hydrogens is 544 g/mol. The first-order chi connectivity index (χ1) is 16.8. The minimum Gasteiger partial charge on any atom is -0.461 e. The van der Waals surface area contributed by atoms with E-state index < -0.39 is 36.7 Å². The van der Waals surface area contributed by atoms with E-state index in [-0.39, 0.29) is 23.3 Å². The number of rotatable bonds is 7. The van der Waals surface area contributed by atoms with Crippen molar-refractivity contribution in [3.8, 4) is 0 Å². The van der Waals surface area contributed by atoms with Crippen molar-refractivity contribution < 1.29 is 39.7 Å². The van der Waals surface area contributed by atoms with Gasteiger partial charge in [0.05, 0.1) is 23.7 Å². The molecule has 0 aliphatic carbocycles. The van der Waals surface area contributed by atoms with Gasteiger partial charge in [-0.25, -0.2) is 0 Å². The van der Waals surface area contributed by atoms with Gasteiger partial charge in [0, 0.05) is 12.2 Å². The Hall–Kier alpha value is -2.54. The number of halogens is 6. The van der Waals surface area contributed by atoms with Crippen LogP contribution in [0.2, 0.25) is 0 Å². The maximum absolute atomic E-state index is 14.1. The Morgan fingerprint density at radius 1 is 0.639 bits per heavy atom. The van der Waals surface area contributed by atoms with Crippen LogP contribution in [0, 0.1) is 0 Å². The quantitative estimate of drug-likeness (QED) is 0.195. The smallest absolute Gasteiger partial charge is 0.416 e. The normalized spacial score (nSPS) is 13.2. The van der Waals surface area contributed by atoms with Crippen LogP contribution in [0.1, 0.15) is 11.1 Å². The van der Waals surface area contributed by atoms with Crippen molar-refractivity contribution in [2.24, 2.45) is 0 Å². The average molecular weight is 562 g/mol. The first-order valence-corrected chi connectivity index (χ1v) is 15.3. The molecule has 12 heteroatoms. The van der Waals surface area contributed by atoms with Gasteiger partial charge in [-0.15, -0.1) is 0 Å². The fourth-order valence-corrected chi connectivity index (χ4v) is 11.3. The number of furan rings is 2. The third kappa shape index (κ3) is 5.26. The van der Waals surface area contributed by atoms with Gasteiger partial charge < -0.3 is 13.4 Å². The molecule has 2 aromatic carbocycles. The summed E-state index contributed by atoms with van der Waals surface area (Å²) in [7, 11) is -3.47. The monoisotopic (exact) mass is 562 g/mol. The molecule has 0 aliphatic rings. The maximum Gasteiger partial charge on any atom is 0.416 e. The summed E-state index contributed by atoms with van der Waals surface area (Å²) in [6.07, 6.45) is -6.45. The Morgan fingerprint density at radius 3 is 1.33 bits per heavy atom. The third-order valence-electron chi connectivity index (χ3n) is 5.68. The van der Waals surface area contributed by atoms with E-state index in [1.165, 1.54) is 48.9 Å². The lowest BCUT2D eigenvalue weighted by Crippen LogP contribution is -2.24. The zero-order valence-electron chi connectivity index (χ0n) is 18.3. The zero-order valence-corrected chi connectivity index (χ0v) is 20.9. The van der Waals surface area contributed by atoms with Crippen molar-refractivity contribution in [3.63, 3.8) is 0 Å². The van der Waals surface area contributed by atoms with Gasteiger partial charge in [-0.1, -0.05) is 36.1 Å². The predicted molar refractivity (Wildman–Crippen MR) is 130 cm³/mol. The van der Waals surface area contributed by atoms with Gasteiger partial charge in [-0.3, -0.25) is 0 Å². The molecule has 3 nitrogen and oxygen atoms in total. The van der Waals surface area contributed by atoms with Crippen LogP contribution in [0.4, 0.5) is 26.3 Å². The molecular formula is C24H18F6O3P2S. The Labute approximate surface area is 207 Å². The van der Waals surface area contributed by atoms with Crippen LogP contribution in [-0.2, 0) is 28.7 Å². The van der Waals surface area contributed by atoms with Crippen LogP contribution in [0.25, 0.3) is 0 Å². The largest absolute Gasteiger partial charge is 0.461 e. The molecule has 0 fully saturated rings. The number of hydrogen-bond acceptors (Lipinski definition) is 4.